The van der Waals surface area contributed by atoms with E-state index in [2.05, 4.69) is 19.2 Å². The molecule has 98 valence electrons. The molecule has 1 N–H and O–H groups in total. The molecule has 0 aromatic heterocycles. The Labute approximate surface area is 105 Å². The Morgan fingerprint density at radius 2 is 2.22 bits per heavy atom. The minimum absolute atomic E-state index is 0.424. The van der Waals surface area contributed by atoms with Crippen molar-refractivity contribution in [3.63, 3.8) is 0 Å². The second-order valence-corrected chi connectivity index (χ2v) is 5.56. The van der Waals surface area contributed by atoms with Crippen LogP contribution in [0.5, 0.6) is 0 Å². The van der Waals surface area contributed by atoms with E-state index in [0.717, 1.165) is 12.1 Å². The first-order valence-electron chi connectivity index (χ1n) is 6.04. The van der Waals surface area contributed by atoms with Gasteiger partial charge in [-0.15, -0.1) is 0 Å². The molecule has 0 saturated heterocycles. The molecule has 1 atom stereocenters. The summed E-state index contributed by atoms with van der Waals surface area (Å²) in [5, 5.41) is 13.7. The van der Waals surface area contributed by atoms with Crippen LogP contribution in [0.4, 0.5) is 10.1 Å². The van der Waals surface area contributed by atoms with E-state index >= 15 is 0 Å². The number of halogens is 1. The van der Waals surface area contributed by atoms with Crippen LogP contribution in [0.2, 0.25) is 0 Å². The summed E-state index contributed by atoms with van der Waals surface area (Å²) in [5.41, 5.74) is 0.687. The third kappa shape index (κ3) is 2.85. The van der Waals surface area contributed by atoms with Crippen LogP contribution < -0.4 is 5.32 Å². The number of hydrogen-bond acceptors (Lipinski definition) is 3. The van der Waals surface area contributed by atoms with E-state index in [1.54, 1.807) is 6.07 Å². The summed E-state index contributed by atoms with van der Waals surface area (Å²) in [6, 6.07) is 4.03. The summed E-state index contributed by atoms with van der Waals surface area (Å²) in [6.45, 7) is 5.91. The van der Waals surface area contributed by atoms with E-state index < -0.39 is 16.4 Å². The highest BCUT2D eigenvalue weighted by atomic mass is 19.1. The molecule has 5 heteroatoms. The fraction of sp³-hybridized carbons (Fsp3) is 0.538. The molecule has 0 heterocycles. The maximum Gasteiger partial charge on any atom is 0.304 e. The molecule has 1 aromatic carbocycles. The van der Waals surface area contributed by atoms with Gasteiger partial charge in [-0.2, -0.15) is 4.39 Å². The monoisotopic (exact) mass is 252 g/mol. The molecular formula is C13H17FN2O2. The number of rotatable bonds is 5. The first-order valence-corrected chi connectivity index (χ1v) is 6.04. The smallest absolute Gasteiger partial charge is 0.304 e. The number of nitro benzene ring substituents is 1. The Bertz CT molecular complexity index is 474. The van der Waals surface area contributed by atoms with Crippen molar-refractivity contribution in [2.75, 3.05) is 6.54 Å². The maximum absolute atomic E-state index is 13.4. The average Bonchev–Trinajstić information content (AvgIpc) is 2.86. The molecule has 1 aliphatic carbocycles. The molecule has 4 nitrogen and oxygen atoms in total. The van der Waals surface area contributed by atoms with Gasteiger partial charge in [0.2, 0.25) is 5.82 Å². The van der Waals surface area contributed by atoms with Crippen LogP contribution in [0.3, 0.4) is 0 Å². The van der Waals surface area contributed by atoms with Crippen molar-refractivity contribution in [3.05, 3.63) is 39.7 Å². The SMILES string of the molecule is CC1(C)CC1CNCc1ccc([N+](=O)[O-])c(F)c1. The van der Waals surface area contributed by atoms with Gasteiger partial charge in [0, 0.05) is 12.6 Å². The molecule has 0 aliphatic heterocycles. The quantitative estimate of drug-likeness (QED) is 0.647. The molecule has 0 bridgehead atoms. The van der Waals surface area contributed by atoms with Crippen LogP contribution >= 0.6 is 0 Å². The zero-order chi connectivity index (χ0) is 13.3. The molecule has 1 aliphatic rings. The number of nitrogens with zero attached hydrogens (tertiary/aromatic N) is 1. The second-order valence-electron chi connectivity index (χ2n) is 5.56. The molecule has 0 radical (unpaired) electrons. The van der Waals surface area contributed by atoms with Crippen molar-refractivity contribution in [2.24, 2.45) is 11.3 Å². The Hall–Kier alpha value is -1.49. The fourth-order valence-corrected chi connectivity index (χ4v) is 2.12. The van der Waals surface area contributed by atoms with Gasteiger partial charge >= 0.3 is 5.69 Å². The fourth-order valence-electron chi connectivity index (χ4n) is 2.12. The lowest BCUT2D eigenvalue weighted by Crippen LogP contribution is -2.18. The second kappa shape index (κ2) is 4.65. The van der Waals surface area contributed by atoms with Gasteiger partial charge < -0.3 is 5.32 Å². The van der Waals surface area contributed by atoms with Crippen LogP contribution in [-0.4, -0.2) is 11.5 Å². The third-order valence-corrected chi connectivity index (χ3v) is 3.65. The van der Waals surface area contributed by atoms with Gasteiger partial charge in [0.1, 0.15) is 0 Å². The van der Waals surface area contributed by atoms with Gasteiger partial charge in [0.25, 0.3) is 0 Å². The van der Waals surface area contributed by atoms with E-state index in [0.29, 0.717) is 17.9 Å². The predicted molar refractivity (Wildman–Crippen MR) is 66.6 cm³/mol. The van der Waals surface area contributed by atoms with Crippen molar-refractivity contribution in [2.45, 2.75) is 26.8 Å². The topological polar surface area (TPSA) is 55.2 Å². The lowest BCUT2D eigenvalue weighted by Gasteiger charge is -2.06. The minimum Gasteiger partial charge on any atom is -0.312 e. The highest BCUT2D eigenvalue weighted by Crippen LogP contribution is 2.50. The zero-order valence-corrected chi connectivity index (χ0v) is 10.6. The van der Waals surface area contributed by atoms with Crippen molar-refractivity contribution >= 4 is 5.69 Å². The lowest BCUT2D eigenvalue weighted by atomic mass is 10.1. The van der Waals surface area contributed by atoms with E-state index in [9.17, 15) is 14.5 Å². The van der Waals surface area contributed by atoms with Crippen LogP contribution in [-0.2, 0) is 6.54 Å². The molecule has 0 spiro atoms. The van der Waals surface area contributed by atoms with Gasteiger partial charge in [-0.1, -0.05) is 19.9 Å². The summed E-state index contributed by atoms with van der Waals surface area (Å²) in [4.78, 5) is 9.76. The van der Waals surface area contributed by atoms with Gasteiger partial charge in [-0.25, -0.2) is 0 Å². The Balaban J connectivity index is 1.87. The van der Waals surface area contributed by atoms with Crippen molar-refractivity contribution < 1.29 is 9.31 Å². The molecule has 18 heavy (non-hydrogen) atoms. The summed E-state index contributed by atoms with van der Waals surface area (Å²) in [5.74, 6) is -0.0913. The normalized spacial score (nSPS) is 20.7. The average molecular weight is 252 g/mol. The molecule has 1 unspecified atom stereocenters. The Kier molecular flexibility index (Phi) is 3.34. The van der Waals surface area contributed by atoms with Crippen LogP contribution in [0.15, 0.2) is 18.2 Å². The number of nitrogens with one attached hydrogen (secondary N) is 1. The van der Waals surface area contributed by atoms with Gasteiger partial charge in [-0.05, 0) is 35.9 Å². The van der Waals surface area contributed by atoms with Crippen LogP contribution in [0, 0.1) is 27.3 Å². The van der Waals surface area contributed by atoms with Gasteiger partial charge in [0.05, 0.1) is 4.92 Å². The molecule has 1 saturated carbocycles. The van der Waals surface area contributed by atoms with Crippen molar-refractivity contribution in [1.82, 2.24) is 5.32 Å². The first kappa shape index (κ1) is 13.0. The highest BCUT2D eigenvalue weighted by Gasteiger charge is 2.44. The summed E-state index contributed by atoms with van der Waals surface area (Å²) in [7, 11) is 0. The molecule has 0 amide bonds. The summed E-state index contributed by atoms with van der Waals surface area (Å²) < 4.78 is 13.4. The first-order chi connectivity index (χ1) is 8.40. The Morgan fingerprint density at radius 3 is 2.72 bits per heavy atom. The summed E-state index contributed by atoms with van der Waals surface area (Å²) >= 11 is 0. The minimum atomic E-state index is -0.772. The Morgan fingerprint density at radius 1 is 1.56 bits per heavy atom. The number of nitro groups is 1. The van der Waals surface area contributed by atoms with E-state index in [-0.39, 0.29) is 0 Å². The van der Waals surface area contributed by atoms with E-state index in [4.69, 9.17) is 0 Å². The molecule has 1 aromatic rings. The molecular weight excluding hydrogens is 235 g/mol. The van der Waals surface area contributed by atoms with Gasteiger partial charge in [-0.3, -0.25) is 10.1 Å². The number of benzene rings is 1. The highest BCUT2D eigenvalue weighted by molar-refractivity contribution is 5.34. The summed E-state index contributed by atoms with van der Waals surface area (Å²) in [6.07, 6.45) is 1.22. The van der Waals surface area contributed by atoms with Crippen molar-refractivity contribution in [1.29, 1.82) is 0 Å². The zero-order valence-electron chi connectivity index (χ0n) is 10.6. The lowest BCUT2D eigenvalue weighted by molar-refractivity contribution is -0.387. The standard InChI is InChI=1S/C13H17FN2O2/c1-13(2)6-10(13)8-15-7-9-3-4-12(16(17)18)11(14)5-9/h3-5,10,15H,6-8H2,1-2H3. The van der Waals surface area contributed by atoms with Crippen LogP contribution in [0.25, 0.3) is 0 Å². The largest absolute Gasteiger partial charge is 0.312 e. The molecule has 2 rings (SSSR count). The van der Waals surface area contributed by atoms with E-state index in [1.807, 2.05) is 0 Å². The van der Waals surface area contributed by atoms with Gasteiger partial charge in [0.15, 0.2) is 0 Å². The molecule has 1 fully saturated rings. The number of hydrogen-bond donors (Lipinski definition) is 1. The van der Waals surface area contributed by atoms with E-state index in [1.165, 1.54) is 18.6 Å². The maximum atomic E-state index is 13.4. The van der Waals surface area contributed by atoms with Crippen molar-refractivity contribution in [3.8, 4) is 0 Å². The van der Waals surface area contributed by atoms with Crippen LogP contribution in [0.1, 0.15) is 25.8 Å². The predicted octanol–water partition coefficient (Wildman–Crippen LogP) is 2.87. The third-order valence-electron chi connectivity index (χ3n) is 3.65.